The van der Waals surface area contributed by atoms with Crippen molar-refractivity contribution in [3.8, 4) is 0 Å². The zero-order valence-corrected chi connectivity index (χ0v) is 11.7. The van der Waals surface area contributed by atoms with Gasteiger partial charge in [-0.3, -0.25) is 9.59 Å². The number of carbonyl (C=O) groups is 2. The van der Waals surface area contributed by atoms with Crippen molar-refractivity contribution in [2.45, 2.75) is 64.6 Å². The van der Waals surface area contributed by atoms with Gasteiger partial charge < -0.3 is 16.4 Å². The molecule has 0 aliphatic heterocycles. The lowest BCUT2D eigenvalue weighted by molar-refractivity contribution is -0.131. The van der Waals surface area contributed by atoms with Crippen LogP contribution in [0.1, 0.15) is 47.0 Å². The van der Waals surface area contributed by atoms with E-state index in [0.717, 1.165) is 19.3 Å². The Hall–Kier alpha value is -1.10. The van der Waals surface area contributed by atoms with Crippen molar-refractivity contribution in [1.29, 1.82) is 0 Å². The van der Waals surface area contributed by atoms with Crippen molar-refractivity contribution in [3.05, 3.63) is 0 Å². The fourth-order valence-electron chi connectivity index (χ4n) is 2.18. The molecule has 3 unspecified atom stereocenters. The van der Waals surface area contributed by atoms with Gasteiger partial charge >= 0.3 is 0 Å². The molecule has 1 aliphatic carbocycles. The molecule has 0 heterocycles. The second kappa shape index (κ2) is 5.69. The normalized spacial score (nSPS) is 25.6. The highest BCUT2D eigenvalue weighted by molar-refractivity contribution is 5.88. The minimum absolute atomic E-state index is 0.0668. The number of nitrogens with two attached hydrogens (primary N) is 1. The summed E-state index contributed by atoms with van der Waals surface area (Å²) < 4.78 is 0. The predicted molar refractivity (Wildman–Crippen MR) is 70.8 cm³/mol. The first-order valence-electron chi connectivity index (χ1n) is 6.58. The van der Waals surface area contributed by atoms with E-state index in [0.29, 0.717) is 0 Å². The van der Waals surface area contributed by atoms with Gasteiger partial charge in [-0.15, -0.1) is 0 Å². The van der Waals surface area contributed by atoms with Gasteiger partial charge in [-0.2, -0.15) is 0 Å². The Morgan fingerprint density at radius 1 is 1.28 bits per heavy atom. The van der Waals surface area contributed by atoms with E-state index >= 15 is 0 Å². The Labute approximate surface area is 109 Å². The number of carbonyl (C=O) groups excluding carboxylic acids is 2. The largest absolute Gasteiger partial charge is 0.350 e. The quantitative estimate of drug-likeness (QED) is 0.688. The number of nitrogens with one attached hydrogen (secondary N) is 2. The van der Waals surface area contributed by atoms with Gasteiger partial charge in [0, 0.05) is 11.6 Å². The molecule has 0 aromatic heterocycles. The van der Waals surface area contributed by atoms with Crippen LogP contribution in [0.15, 0.2) is 0 Å². The maximum atomic E-state index is 12.0. The third-order valence-electron chi connectivity index (χ3n) is 3.16. The third kappa shape index (κ3) is 4.29. The van der Waals surface area contributed by atoms with Crippen LogP contribution in [0.5, 0.6) is 0 Å². The lowest BCUT2D eigenvalue weighted by Gasteiger charge is -2.25. The van der Waals surface area contributed by atoms with E-state index in [-0.39, 0.29) is 29.3 Å². The smallest absolute Gasteiger partial charge is 0.242 e. The van der Waals surface area contributed by atoms with Crippen LogP contribution in [0, 0.1) is 5.92 Å². The van der Waals surface area contributed by atoms with Crippen molar-refractivity contribution >= 4 is 11.8 Å². The summed E-state index contributed by atoms with van der Waals surface area (Å²) in [6, 6.07) is -0.590. The van der Waals surface area contributed by atoms with Crippen LogP contribution in [0.25, 0.3) is 0 Å². The molecule has 1 rings (SSSR count). The van der Waals surface area contributed by atoms with E-state index < -0.39 is 6.04 Å². The Morgan fingerprint density at radius 2 is 1.89 bits per heavy atom. The molecule has 104 valence electrons. The van der Waals surface area contributed by atoms with Crippen molar-refractivity contribution < 1.29 is 9.59 Å². The van der Waals surface area contributed by atoms with Gasteiger partial charge in [0.1, 0.15) is 6.04 Å². The highest BCUT2D eigenvalue weighted by Gasteiger charge is 2.32. The molecule has 0 bridgehead atoms. The fraction of sp³-hybridized carbons (Fsp3) is 0.846. The maximum absolute atomic E-state index is 12.0. The van der Waals surface area contributed by atoms with E-state index in [1.165, 1.54) is 0 Å². The van der Waals surface area contributed by atoms with Crippen molar-refractivity contribution in [2.24, 2.45) is 11.7 Å². The highest BCUT2D eigenvalue weighted by atomic mass is 16.2. The van der Waals surface area contributed by atoms with Gasteiger partial charge in [0.2, 0.25) is 11.8 Å². The number of amides is 2. The van der Waals surface area contributed by atoms with E-state index in [9.17, 15) is 9.59 Å². The summed E-state index contributed by atoms with van der Waals surface area (Å²) in [4.78, 5) is 23.8. The molecule has 1 saturated carbocycles. The van der Waals surface area contributed by atoms with Crippen LogP contribution >= 0.6 is 0 Å². The van der Waals surface area contributed by atoms with Crippen molar-refractivity contribution in [3.63, 3.8) is 0 Å². The molecule has 2 amide bonds. The molecule has 5 heteroatoms. The summed E-state index contributed by atoms with van der Waals surface area (Å²) in [5.74, 6) is -0.408. The monoisotopic (exact) mass is 255 g/mol. The molecule has 1 aliphatic rings. The zero-order valence-electron chi connectivity index (χ0n) is 11.7. The molecule has 0 radical (unpaired) electrons. The molecular weight excluding hydrogens is 230 g/mol. The van der Waals surface area contributed by atoms with Crippen LogP contribution in [-0.2, 0) is 9.59 Å². The second-order valence-corrected chi connectivity index (χ2v) is 6.17. The van der Waals surface area contributed by atoms with Crippen LogP contribution in [0.2, 0.25) is 0 Å². The van der Waals surface area contributed by atoms with Gasteiger partial charge in [0.15, 0.2) is 0 Å². The third-order valence-corrected chi connectivity index (χ3v) is 3.16. The Kier molecular flexibility index (Phi) is 4.73. The Bertz CT molecular complexity index is 323. The van der Waals surface area contributed by atoms with E-state index in [1.54, 1.807) is 6.92 Å². The molecule has 0 saturated heterocycles. The van der Waals surface area contributed by atoms with Crippen LogP contribution < -0.4 is 16.4 Å². The summed E-state index contributed by atoms with van der Waals surface area (Å²) in [6.45, 7) is 7.42. The van der Waals surface area contributed by atoms with Crippen LogP contribution in [0.3, 0.4) is 0 Å². The van der Waals surface area contributed by atoms with E-state index in [2.05, 4.69) is 10.6 Å². The summed E-state index contributed by atoms with van der Waals surface area (Å²) in [5.41, 5.74) is 5.58. The maximum Gasteiger partial charge on any atom is 0.242 e. The lowest BCUT2D eigenvalue weighted by Crippen LogP contribution is -2.52. The van der Waals surface area contributed by atoms with E-state index in [1.807, 2.05) is 20.8 Å². The van der Waals surface area contributed by atoms with Crippen molar-refractivity contribution in [2.75, 3.05) is 0 Å². The SMILES string of the molecule is CC(NC(=O)C1CCCC1N)C(=O)NC(C)(C)C. The number of rotatable bonds is 3. The first-order chi connectivity index (χ1) is 8.20. The van der Waals surface area contributed by atoms with Gasteiger partial charge in [0.25, 0.3) is 0 Å². The molecule has 4 N–H and O–H groups in total. The first-order valence-corrected chi connectivity index (χ1v) is 6.58. The molecule has 0 spiro atoms. The predicted octanol–water partition coefficient (Wildman–Crippen LogP) is 0.533. The summed E-state index contributed by atoms with van der Waals surface area (Å²) in [6.07, 6.45) is 2.70. The molecule has 18 heavy (non-hydrogen) atoms. The fourth-order valence-corrected chi connectivity index (χ4v) is 2.18. The average molecular weight is 255 g/mol. The molecule has 0 aromatic rings. The Balaban J connectivity index is 2.46. The van der Waals surface area contributed by atoms with Crippen molar-refractivity contribution in [1.82, 2.24) is 10.6 Å². The molecule has 1 fully saturated rings. The molecule has 0 aromatic carbocycles. The summed E-state index contributed by atoms with van der Waals surface area (Å²) in [5, 5.41) is 5.58. The lowest BCUT2D eigenvalue weighted by atomic mass is 10.0. The highest BCUT2D eigenvalue weighted by Crippen LogP contribution is 2.24. The first kappa shape index (κ1) is 15.0. The van der Waals surface area contributed by atoms with E-state index in [4.69, 9.17) is 5.73 Å². The topological polar surface area (TPSA) is 84.2 Å². The van der Waals surface area contributed by atoms with Gasteiger partial charge in [0.05, 0.1) is 5.92 Å². The van der Waals surface area contributed by atoms with Gasteiger partial charge in [-0.1, -0.05) is 6.42 Å². The zero-order chi connectivity index (χ0) is 13.9. The second-order valence-electron chi connectivity index (χ2n) is 6.17. The Morgan fingerprint density at radius 3 is 2.33 bits per heavy atom. The minimum Gasteiger partial charge on any atom is -0.350 e. The number of hydrogen-bond donors (Lipinski definition) is 3. The molecule has 5 nitrogen and oxygen atoms in total. The van der Waals surface area contributed by atoms with Gasteiger partial charge in [-0.25, -0.2) is 0 Å². The average Bonchev–Trinajstić information content (AvgIpc) is 2.61. The number of hydrogen-bond acceptors (Lipinski definition) is 3. The van der Waals surface area contributed by atoms with Gasteiger partial charge in [-0.05, 0) is 40.5 Å². The van der Waals surface area contributed by atoms with Crippen LogP contribution in [-0.4, -0.2) is 29.4 Å². The molecule has 3 atom stereocenters. The minimum atomic E-state index is -0.524. The molecular formula is C13H25N3O2. The van der Waals surface area contributed by atoms with Crippen LogP contribution in [0.4, 0.5) is 0 Å². The standard InChI is InChI=1S/C13H25N3O2/c1-8(11(17)16-13(2,3)4)15-12(18)9-6-5-7-10(9)14/h8-10H,5-7,14H2,1-4H3,(H,15,18)(H,16,17). The summed E-state index contributed by atoms with van der Waals surface area (Å²) in [7, 11) is 0. The summed E-state index contributed by atoms with van der Waals surface area (Å²) >= 11 is 0.